The molecule has 3 aromatic rings. The summed E-state index contributed by atoms with van der Waals surface area (Å²) >= 11 is 6.23. The minimum Gasteiger partial charge on any atom is -0.496 e. The number of hydrogen-bond donors (Lipinski definition) is 1. The lowest BCUT2D eigenvalue weighted by Gasteiger charge is -2.28. The van der Waals surface area contributed by atoms with Crippen LogP contribution >= 0.6 is 11.6 Å². The zero-order valence-electron chi connectivity index (χ0n) is 22.3. The molecule has 0 saturated carbocycles. The number of carbonyl (C=O) groups is 1. The molecule has 1 amide bonds. The van der Waals surface area contributed by atoms with E-state index in [-0.39, 0.29) is 0 Å². The number of ether oxygens (including phenoxy) is 3. The van der Waals surface area contributed by atoms with Gasteiger partial charge in [-0.25, -0.2) is 4.79 Å². The van der Waals surface area contributed by atoms with E-state index >= 15 is 0 Å². The van der Waals surface area contributed by atoms with Crippen LogP contribution in [0.4, 0.5) is 10.5 Å². The molecular formula is C28H34ClN5O4. The van der Waals surface area contributed by atoms with Gasteiger partial charge >= 0.3 is 6.09 Å². The Kier molecular flexibility index (Phi) is 7.49. The number of benzene rings is 2. The van der Waals surface area contributed by atoms with Crippen LogP contribution in [0.2, 0.25) is 5.02 Å². The molecule has 1 N–H and O–H groups in total. The van der Waals surface area contributed by atoms with Gasteiger partial charge in [-0.05, 0) is 81.5 Å². The lowest BCUT2D eigenvalue weighted by Crippen LogP contribution is -2.36. The predicted molar refractivity (Wildman–Crippen MR) is 146 cm³/mol. The minimum absolute atomic E-state index is 0.435. The number of hydrogen-bond acceptors (Lipinski definition) is 7. The maximum atomic E-state index is 12.3. The number of anilines is 1. The van der Waals surface area contributed by atoms with E-state index in [9.17, 15) is 4.79 Å². The summed E-state index contributed by atoms with van der Waals surface area (Å²) in [5.41, 5.74) is 3.43. The molecule has 0 radical (unpaired) electrons. The molecule has 0 saturated heterocycles. The van der Waals surface area contributed by atoms with E-state index in [2.05, 4.69) is 25.0 Å². The monoisotopic (exact) mass is 539 g/mol. The van der Waals surface area contributed by atoms with Gasteiger partial charge in [-0.15, -0.1) is 10.2 Å². The number of rotatable bonds is 7. The summed E-state index contributed by atoms with van der Waals surface area (Å²) < 4.78 is 19.3. The SMILES string of the molecule is COc1ccc(Cl)cc1-c1nnc2n1CCN(CCOc1ccc(NC(=O)OC(C)(C)C)c3c1CCC3)C2. The van der Waals surface area contributed by atoms with Crippen molar-refractivity contribution in [1.29, 1.82) is 0 Å². The van der Waals surface area contributed by atoms with Crippen molar-refractivity contribution in [2.45, 2.75) is 58.7 Å². The molecule has 0 bridgehead atoms. The van der Waals surface area contributed by atoms with Crippen molar-refractivity contribution in [3.8, 4) is 22.9 Å². The van der Waals surface area contributed by atoms with Crippen molar-refractivity contribution in [2.75, 3.05) is 32.1 Å². The lowest BCUT2D eigenvalue weighted by molar-refractivity contribution is 0.0635. The number of halogens is 1. The third-order valence-corrected chi connectivity index (χ3v) is 7.01. The maximum absolute atomic E-state index is 12.3. The van der Waals surface area contributed by atoms with E-state index in [1.165, 1.54) is 5.56 Å². The molecule has 1 aliphatic carbocycles. The molecular weight excluding hydrogens is 506 g/mol. The largest absolute Gasteiger partial charge is 0.496 e. The van der Waals surface area contributed by atoms with Gasteiger partial charge in [-0.1, -0.05) is 11.6 Å². The van der Waals surface area contributed by atoms with Crippen LogP contribution in [-0.4, -0.2) is 58.2 Å². The number of fused-ring (bicyclic) bond motifs is 2. The van der Waals surface area contributed by atoms with E-state index in [1.54, 1.807) is 13.2 Å². The van der Waals surface area contributed by atoms with Gasteiger partial charge in [0.2, 0.25) is 0 Å². The Hall–Kier alpha value is -3.30. The molecule has 2 aliphatic rings. The minimum atomic E-state index is -0.540. The van der Waals surface area contributed by atoms with Crippen LogP contribution in [0.3, 0.4) is 0 Å². The van der Waals surface area contributed by atoms with Crippen LogP contribution in [-0.2, 0) is 30.7 Å². The average molecular weight is 540 g/mol. The molecule has 2 aromatic carbocycles. The summed E-state index contributed by atoms with van der Waals surface area (Å²) in [7, 11) is 1.64. The second-order valence-electron chi connectivity index (χ2n) is 10.6. The molecule has 1 aliphatic heterocycles. The highest BCUT2D eigenvalue weighted by molar-refractivity contribution is 6.30. The Morgan fingerprint density at radius 3 is 2.66 bits per heavy atom. The van der Waals surface area contributed by atoms with Gasteiger partial charge in [0.15, 0.2) is 5.82 Å². The van der Waals surface area contributed by atoms with Crippen molar-refractivity contribution in [3.05, 3.63) is 52.3 Å². The molecule has 9 nitrogen and oxygen atoms in total. The summed E-state index contributed by atoms with van der Waals surface area (Å²) in [5, 5.41) is 12.4. The second-order valence-corrected chi connectivity index (χ2v) is 11.0. The molecule has 10 heteroatoms. The molecule has 5 rings (SSSR count). The smallest absolute Gasteiger partial charge is 0.412 e. The van der Waals surface area contributed by atoms with Gasteiger partial charge in [0, 0.05) is 30.3 Å². The molecule has 0 spiro atoms. The summed E-state index contributed by atoms with van der Waals surface area (Å²) in [6.07, 6.45) is 2.46. The van der Waals surface area contributed by atoms with Crippen LogP contribution in [0.25, 0.3) is 11.4 Å². The summed E-state index contributed by atoms with van der Waals surface area (Å²) in [6.45, 7) is 9.23. The van der Waals surface area contributed by atoms with Crippen LogP contribution in [0, 0.1) is 0 Å². The number of carbonyl (C=O) groups excluding carboxylic acids is 1. The number of nitrogens with zero attached hydrogens (tertiary/aromatic N) is 4. The Balaban J connectivity index is 1.20. The maximum Gasteiger partial charge on any atom is 0.412 e. The van der Waals surface area contributed by atoms with Crippen molar-refractivity contribution >= 4 is 23.4 Å². The van der Waals surface area contributed by atoms with Crippen molar-refractivity contribution in [1.82, 2.24) is 19.7 Å². The third-order valence-electron chi connectivity index (χ3n) is 6.78. The molecule has 1 aromatic heterocycles. The normalized spacial score (nSPS) is 15.1. The second kappa shape index (κ2) is 10.8. The highest BCUT2D eigenvalue weighted by Crippen LogP contribution is 2.36. The van der Waals surface area contributed by atoms with Crippen LogP contribution in [0.5, 0.6) is 11.5 Å². The van der Waals surface area contributed by atoms with Gasteiger partial charge in [0.05, 0.1) is 19.2 Å². The van der Waals surface area contributed by atoms with Gasteiger partial charge < -0.3 is 18.8 Å². The lowest BCUT2D eigenvalue weighted by atomic mass is 10.1. The quantitative estimate of drug-likeness (QED) is 0.433. The highest BCUT2D eigenvalue weighted by atomic mass is 35.5. The Bertz CT molecular complexity index is 1330. The summed E-state index contributed by atoms with van der Waals surface area (Å²) in [4.78, 5) is 14.6. The van der Waals surface area contributed by atoms with Crippen LogP contribution < -0.4 is 14.8 Å². The van der Waals surface area contributed by atoms with Gasteiger partial charge in [0.25, 0.3) is 0 Å². The van der Waals surface area contributed by atoms with Gasteiger partial charge in [0.1, 0.15) is 29.5 Å². The number of methoxy groups -OCH3 is 1. The topological polar surface area (TPSA) is 90.7 Å². The van der Waals surface area contributed by atoms with E-state index in [0.29, 0.717) is 18.2 Å². The van der Waals surface area contributed by atoms with E-state index in [4.69, 9.17) is 25.8 Å². The van der Waals surface area contributed by atoms with Crippen molar-refractivity contribution in [3.63, 3.8) is 0 Å². The zero-order chi connectivity index (χ0) is 26.9. The summed E-state index contributed by atoms with van der Waals surface area (Å²) in [5.74, 6) is 3.29. The standard InChI is InChI=1S/C28H34ClN5O4/c1-28(2,3)38-27(35)30-22-9-11-24(20-7-5-6-19(20)22)37-15-14-33-12-13-34-25(17-33)31-32-26(34)21-16-18(29)8-10-23(21)36-4/h8-11,16H,5-7,12-15,17H2,1-4H3,(H,30,35). The fourth-order valence-corrected chi connectivity index (χ4v) is 5.25. The number of amides is 1. The van der Waals surface area contributed by atoms with Crippen molar-refractivity contribution in [2.24, 2.45) is 0 Å². The predicted octanol–water partition coefficient (Wildman–Crippen LogP) is 5.34. The van der Waals surface area contributed by atoms with Gasteiger partial charge in [-0.2, -0.15) is 0 Å². The van der Waals surface area contributed by atoms with Gasteiger partial charge in [-0.3, -0.25) is 10.2 Å². The number of aromatic nitrogens is 3. The molecule has 202 valence electrons. The Labute approximate surface area is 228 Å². The molecule has 2 heterocycles. The molecule has 0 fully saturated rings. The Morgan fingerprint density at radius 2 is 1.87 bits per heavy atom. The zero-order valence-corrected chi connectivity index (χ0v) is 23.1. The van der Waals surface area contributed by atoms with E-state index in [0.717, 1.165) is 78.9 Å². The first-order chi connectivity index (χ1) is 18.2. The summed E-state index contributed by atoms with van der Waals surface area (Å²) in [6, 6.07) is 9.39. The molecule has 0 unspecified atom stereocenters. The first kappa shape index (κ1) is 26.3. The fraction of sp³-hybridized carbons (Fsp3) is 0.464. The molecule has 38 heavy (non-hydrogen) atoms. The average Bonchev–Trinajstić information content (AvgIpc) is 3.52. The first-order valence-corrected chi connectivity index (χ1v) is 13.4. The van der Waals surface area contributed by atoms with Crippen LogP contribution in [0.1, 0.15) is 44.1 Å². The molecule has 0 atom stereocenters. The van der Waals surface area contributed by atoms with Crippen molar-refractivity contribution < 1.29 is 19.0 Å². The van der Waals surface area contributed by atoms with E-state index < -0.39 is 11.7 Å². The Morgan fingerprint density at radius 1 is 1.08 bits per heavy atom. The van der Waals surface area contributed by atoms with Crippen LogP contribution in [0.15, 0.2) is 30.3 Å². The fourth-order valence-electron chi connectivity index (χ4n) is 5.08. The number of nitrogens with one attached hydrogen (secondary N) is 1. The first-order valence-electron chi connectivity index (χ1n) is 13.0. The van der Waals surface area contributed by atoms with E-state index in [1.807, 2.05) is 45.0 Å². The third kappa shape index (κ3) is 5.73. The highest BCUT2D eigenvalue weighted by Gasteiger charge is 2.25.